The molecule has 0 saturated carbocycles. The fourth-order valence-corrected chi connectivity index (χ4v) is 3.90. The first-order valence-electron chi connectivity index (χ1n) is 11.3. The van der Waals surface area contributed by atoms with Gasteiger partial charge in [0.2, 0.25) is 5.91 Å². The SMILES string of the molecule is C/C(=C\c1cc(F)ccc1C)C(=O)N1CC(CN=Cc2c(N)ccc(C(=O)NCC(F)(F)F)c2C)C1. The molecular weight excluding hydrogens is 476 g/mol. The highest BCUT2D eigenvalue weighted by molar-refractivity contribution is 6.00. The Bertz CT molecular complexity index is 1220. The van der Waals surface area contributed by atoms with Crippen LogP contribution in [0.25, 0.3) is 6.08 Å². The van der Waals surface area contributed by atoms with Gasteiger partial charge in [-0.1, -0.05) is 6.07 Å². The third-order valence-corrected chi connectivity index (χ3v) is 6.02. The number of nitrogen functional groups attached to an aromatic ring is 1. The fourth-order valence-electron chi connectivity index (χ4n) is 3.90. The lowest BCUT2D eigenvalue weighted by molar-refractivity contribution is -0.132. The standard InChI is InChI=1S/C26H28F4N4O2/c1-15-4-5-20(27)9-19(15)8-16(2)25(36)34-12-18(13-34)10-32-11-22-17(3)21(6-7-23(22)31)24(35)33-14-26(28,29)30/h4-9,11,18H,10,12-14,31H2,1-3H3,(H,33,35)/b16-8+,32-11?. The summed E-state index contributed by atoms with van der Waals surface area (Å²) in [5.74, 6) is -1.20. The van der Waals surface area contributed by atoms with E-state index >= 15 is 0 Å². The number of carbonyl (C=O) groups excluding carboxylic acids is 2. The van der Waals surface area contributed by atoms with Gasteiger partial charge >= 0.3 is 6.18 Å². The lowest BCUT2D eigenvalue weighted by Gasteiger charge is -2.38. The zero-order valence-corrected chi connectivity index (χ0v) is 20.2. The average molecular weight is 505 g/mol. The highest BCUT2D eigenvalue weighted by atomic mass is 19.4. The van der Waals surface area contributed by atoms with E-state index in [9.17, 15) is 27.2 Å². The van der Waals surface area contributed by atoms with Gasteiger partial charge in [-0.3, -0.25) is 14.6 Å². The van der Waals surface area contributed by atoms with Crippen molar-refractivity contribution in [2.45, 2.75) is 26.9 Å². The van der Waals surface area contributed by atoms with Crippen LogP contribution >= 0.6 is 0 Å². The van der Waals surface area contributed by atoms with Gasteiger partial charge in [0.05, 0.1) is 0 Å². The Kier molecular flexibility index (Phi) is 8.17. The van der Waals surface area contributed by atoms with Gasteiger partial charge in [-0.15, -0.1) is 0 Å². The van der Waals surface area contributed by atoms with Crippen molar-refractivity contribution in [3.8, 4) is 0 Å². The number of hydrogen-bond donors (Lipinski definition) is 2. The highest BCUT2D eigenvalue weighted by Gasteiger charge is 2.31. The first-order chi connectivity index (χ1) is 16.9. The second-order valence-corrected chi connectivity index (χ2v) is 8.94. The summed E-state index contributed by atoms with van der Waals surface area (Å²) in [6.07, 6.45) is -1.32. The van der Waals surface area contributed by atoms with Crippen LogP contribution in [0.5, 0.6) is 0 Å². The Hall–Kier alpha value is -3.69. The first kappa shape index (κ1) is 26.9. The zero-order chi connectivity index (χ0) is 26.6. The summed E-state index contributed by atoms with van der Waals surface area (Å²) >= 11 is 0. The van der Waals surface area contributed by atoms with E-state index in [-0.39, 0.29) is 23.2 Å². The normalized spacial score (nSPS) is 14.8. The highest BCUT2D eigenvalue weighted by Crippen LogP contribution is 2.23. The molecule has 2 aromatic rings. The molecule has 1 fully saturated rings. The number of benzene rings is 2. The Morgan fingerprint density at radius 1 is 1.19 bits per heavy atom. The molecule has 1 aliphatic heterocycles. The molecule has 1 aliphatic rings. The number of amides is 2. The van der Waals surface area contributed by atoms with Crippen LogP contribution in [-0.2, 0) is 4.79 Å². The molecule has 0 unspecified atom stereocenters. The average Bonchev–Trinajstić information content (AvgIpc) is 2.77. The molecule has 3 rings (SSSR count). The van der Waals surface area contributed by atoms with Gasteiger partial charge in [-0.2, -0.15) is 13.2 Å². The van der Waals surface area contributed by atoms with Crippen LogP contribution in [0, 0.1) is 25.6 Å². The van der Waals surface area contributed by atoms with Crippen molar-refractivity contribution in [1.29, 1.82) is 0 Å². The molecule has 36 heavy (non-hydrogen) atoms. The predicted octanol–water partition coefficient (Wildman–Crippen LogP) is 4.30. The topological polar surface area (TPSA) is 87.8 Å². The molecule has 1 saturated heterocycles. The van der Waals surface area contributed by atoms with E-state index in [0.717, 1.165) is 5.56 Å². The van der Waals surface area contributed by atoms with Crippen molar-refractivity contribution < 1.29 is 27.2 Å². The molecule has 192 valence electrons. The molecule has 0 atom stereocenters. The number of alkyl halides is 3. The van der Waals surface area contributed by atoms with Gasteiger partial charge in [0.25, 0.3) is 5.91 Å². The Balaban J connectivity index is 1.57. The Morgan fingerprint density at radius 3 is 2.56 bits per heavy atom. The molecule has 3 N–H and O–H groups in total. The van der Waals surface area contributed by atoms with Gasteiger partial charge in [0.1, 0.15) is 12.4 Å². The quantitative estimate of drug-likeness (QED) is 0.255. The minimum Gasteiger partial charge on any atom is -0.398 e. The minimum atomic E-state index is -4.51. The number of aliphatic imine (C=N–C) groups is 1. The summed E-state index contributed by atoms with van der Waals surface area (Å²) in [6.45, 7) is 5.15. The van der Waals surface area contributed by atoms with Crippen LogP contribution < -0.4 is 11.1 Å². The number of halogens is 4. The summed E-state index contributed by atoms with van der Waals surface area (Å²) in [6, 6.07) is 7.26. The van der Waals surface area contributed by atoms with Crippen LogP contribution in [0.15, 0.2) is 40.9 Å². The lowest BCUT2D eigenvalue weighted by Crippen LogP contribution is -2.51. The molecular formula is C26H28F4N4O2. The minimum absolute atomic E-state index is 0.0890. The van der Waals surface area contributed by atoms with Crippen LogP contribution in [0.4, 0.5) is 23.2 Å². The molecule has 1 heterocycles. The Morgan fingerprint density at radius 2 is 1.89 bits per heavy atom. The summed E-state index contributed by atoms with van der Waals surface area (Å²) in [5.41, 5.74) is 9.36. The van der Waals surface area contributed by atoms with E-state index in [1.54, 1.807) is 30.9 Å². The number of likely N-dealkylation sites (tertiary alicyclic amines) is 1. The number of aryl methyl sites for hydroxylation is 1. The van der Waals surface area contributed by atoms with Crippen molar-refractivity contribution in [2.75, 3.05) is 31.9 Å². The van der Waals surface area contributed by atoms with Crippen molar-refractivity contribution in [1.82, 2.24) is 10.2 Å². The molecule has 0 aliphatic carbocycles. The van der Waals surface area contributed by atoms with Crippen molar-refractivity contribution >= 4 is 29.8 Å². The molecule has 6 nitrogen and oxygen atoms in total. The number of nitrogens with two attached hydrogens (primary N) is 1. The van der Waals surface area contributed by atoms with Crippen LogP contribution in [-0.4, -0.2) is 55.3 Å². The molecule has 2 aromatic carbocycles. The van der Waals surface area contributed by atoms with Crippen LogP contribution in [0.1, 0.15) is 39.5 Å². The molecule has 0 aromatic heterocycles. The molecule has 10 heteroatoms. The number of nitrogens with one attached hydrogen (secondary N) is 1. The molecule has 0 bridgehead atoms. The zero-order valence-electron chi connectivity index (χ0n) is 20.2. The largest absolute Gasteiger partial charge is 0.405 e. The number of carbonyl (C=O) groups is 2. The van der Waals surface area contributed by atoms with E-state index in [2.05, 4.69) is 4.99 Å². The van der Waals surface area contributed by atoms with Crippen molar-refractivity contribution in [3.63, 3.8) is 0 Å². The number of nitrogens with zero attached hydrogens (tertiary/aromatic N) is 2. The van der Waals surface area contributed by atoms with E-state index in [4.69, 9.17) is 5.73 Å². The smallest absolute Gasteiger partial charge is 0.398 e. The van der Waals surface area contributed by atoms with E-state index in [1.165, 1.54) is 30.5 Å². The van der Waals surface area contributed by atoms with Gasteiger partial charge in [0, 0.05) is 54.2 Å². The van der Waals surface area contributed by atoms with Crippen LogP contribution in [0.3, 0.4) is 0 Å². The summed E-state index contributed by atoms with van der Waals surface area (Å²) < 4.78 is 50.7. The number of anilines is 1. The van der Waals surface area contributed by atoms with E-state index < -0.39 is 18.6 Å². The van der Waals surface area contributed by atoms with Gasteiger partial charge in [0.15, 0.2) is 0 Å². The van der Waals surface area contributed by atoms with Crippen molar-refractivity contribution in [3.05, 3.63) is 69.5 Å². The van der Waals surface area contributed by atoms with E-state index in [0.29, 0.717) is 47.6 Å². The molecule has 2 amide bonds. The van der Waals surface area contributed by atoms with Crippen LogP contribution in [0.2, 0.25) is 0 Å². The summed E-state index contributed by atoms with van der Waals surface area (Å²) in [4.78, 5) is 30.9. The third-order valence-electron chi connectivity index (χ3n) is 6.02. The summed E-state index contributed by atoms with van der Waals surface area (Å²) in [5, 5.41) is 1.85. The monoisotopic (exact) mass is 504 g/mol. The first-order valence-corrected chi connectivity index (χ1v) is 11.3. The fraction of sp³-hybridized carbons (Fsp3) is 0.346. The second-order valence-electron chi connectivity index (χ2n) is 8.94. The molecule has 0 radical (unpaired) electrons. The van der Waals surface area contributed by atoms with Gasteiger partial charge in [-0.05, 0) is 67.8 Å². The summed E-state index contributed by atoms with van der Waals surface area (Å²) in [7, 11) is 0. The maximum absolute atomic E-state index is 13.5. The maximum atomic E-state index is 13.5. The predicted molar refractivity (Wildman–Crippen MR) is 131 cm³/mol. The lowest BCUT2D eigenvalue weighted by atomic mass is 9.98. The Labute approximate surface area is 206 Å². The van der Waals surface area contributed by atoms with Crippen molar-refractivity contribution in [2.24, 2.45) is 10.9 Å². The van der Waals surface area contributed by atoms with Gasteiger partial charge < -0.3 is 16.0 Å². The number of rotatable bonds is 7. The maximum Gasteiger partial charge on any atom is 0.405 e. The van der Waals surface area contributed by atoms with E-state index in [1.807, 2.05) is 12.2 Å². The second kappa shape index (κ2) is 10.9. The number of hydrogen-bond acceptors (Lipinski definition) is 4. The van der Waals surface area contributed by atoms with Gasteiger partial charge in [-0.25, -0.2) is 4.39 Å². The molecule has 0 spiro atoms. The third kappa shape index (κ3) is 6.71.